The molecule has 0 saturated heterocycles. The lowest BCUT2D eigenvalue weighted by molar-refractivity contribution is 0.474. The fourth-order valence-electron chi connectivity index (χ4n) is 2.48. The third-order valence-corrected chi connectivity index (χ3v) is 4.13. The van der Waals surface area contributed by atoms with Crippen LogP contribution in [0.3, 0.4) is 0 Å². The van der Waals surface area contributed by atoms with Crippen molar-refractivity contribution >= 4 is 22.8 Å². The second-order valence-corrected chi connectivity index (χ2v) is 6.12. The topological polar surface area (TPSA) is 63.8 Å². The van der Waals surface area contributed by atoms with Crippen molar-refractivity contribution in [1.29, 1.82) is 0 Å². The largest absolute Gasteiger partial charge is 0.508 e. The van der Waals surface area contributed by atoms with Crippen LogP contribution in [0.1, 0.15) is 25.0 Å². The van der Waals surface area contributed by atoms with Crippen molar-refractivity contribution in [2.24, 2.45) is 0 Å². The Morgan fingerprint density at radius 1 is 1.18 bits per heavy atom. The van der Waals surface area contributed by atoms with E-state index >= 15 is 0 Å². The number of pyridine rings is 1. The SMILES string of the molecule is CC(C)(c1ccc(O)cc1)c1cnc2c(c1)nnn2CCCl. The molecule has 0 aliphatic heterocycles. The van der Waals surface area contributed by atoms with Crippen LogP contribution in [-0.4, -0.2) is 31.0 Å². The number of alkyl halides is 1. The van der Waals surface area contributed by atoms with Crippen molar-refractivity contribution < 1.29 is 5.11 Å². The summed E-state index contributed by atoms with van der Waals surface area (Å²) in [5.41, 5.74) is 3.40. The van der Waals surface area contributed by atoms with E-state index in [-0.39, 0.29) is 11.2 Å². The standard InChI is InChI=1S/C16H17ClN4O/c1-16(2,11-3-5-13(22)6-4-11)12-9-14-15(18-10-12)21(8-7-17)20-19-14/h3-6,9-10,22H,7-8H2,1-2H3. The molecule has 1 N–H and O–H groups in total. The van der Waals surface area contributed by atoms with Crippen molar-refractivity contribution in [3.63, 3.8) is 0 Å². The van der Waals surface area contributed by atoms with Crippen molar-refractivity contribution in [2.45, 2.75) is 25.8 Å². The molecule has 0 amide bonds. The maximum atomic E-state index is 9.44. The van der Waals surface area contributed by atoms with E-state index in [1.165, 1.54) is 0 Å². The van der Waals surface area contributed by atoms with E-state index < -0.39 is 0 Å². The van der Waals surface area contributed by atoms with Crippen LogP contribution in [0.15, 0.2) is 36.5 Å². The van der Waals surface area contributed by atoms with E-state index in [2.05, 4.69) is 29.1 Å². The molecule has 3 rings (SSSR count). The number of hydrogen-bond donors (Lipinski definition) is 1. The van der Waals surface area contributed by atoms with Crippen LogP contribution in [0.5, 0.6) is 5.75 Å². The molecule has 1 aromatic carbocycles. The number of nitrogens with zero attached hydrogens (tertiary/aromatic N) is 4. The summed E-state index contributed by atoms with van der Waals surface area (Å²) in [7, 11) is 0. The Morgan fingerprint density at radius 2 is 1.91 bits per heavy atom. The van der Waals surface area contributed by atoms with E-state index in [1.807, 2.05) is 24.4 Å². The molecule has 22 heavy (non-hydrogen) atoms. The predicted molar refractivity (Wildman–Crippen MR) is 86.3 cm³/mol. The minimum atomic E-state index is -0.245. The van der Waals surface area contributed by atoms with E-state index in [0.717, 1.165) is 22.3 Å². The van der Waals surface area contributed by atoms with Crippen LogP contribution in [0.4, 0.5) is 0 Å². The molecule has 3 aromatic rings. The number of aromatic nitrogens is 4. The number of aromatic hydroxyl groups is 1. The first-order chi connectivity index (χ1) is 10.5. The lowest BCUT2D eigenvalue weighted by Gasteiger charge is -2.25. The molecule has 0 spiro atoms. The zero-order valence-electron chi connectivity index (χ0n) is 12.5. The average molecular weight is 317 g/mol. The Balaban J connectivity index is 2.03. The molecular formula is C16H17ClN4O. The zero-order chi connectivity index (χ0) is 15.7. The normalized spacial score (nSPS) is 12.0. The van der Waals surface area contributed by atoms with Gasteiger partial charge in [-0.15, -0.1) is 16.7 Å². The van der Waals surface area contributed by atoms with E-state index in [9.17, 15) is 5.11 Å². The molecule has 114 valence electrons. The number of aryl methyl sites for hydroxylation is 1. The van der Waals surface area contributed by atoms with E-state index in [0.29, 0.717) is 12.4 Å². The first-order valence-electron chi connectivity index (χ1n) is 7.07. The number of halogens is 1. The Hall–Kier alpha value is -2.14. The van der Waals surface area contributed by atoms with Gasteiger partial charge in [-0.05, 0) is 29.3 Å². The average Bonchev–Trinajstić information content (AvgIpc) is 2.91. The monoisotopic (exact) mass is 316 g/mol. The maximum Gasteiger partial charge on any atom is 0.178 e. The van der Waals surface area contributed by atoms with Gasteiger partial charge in [0.05, 0.1) is 6.54 Å². The minimum Gasteiger partial charge on any atom is -0.508 e. The number of phenols is 1. The van der Waals surface area contributed by atoms with Gasteiger partial charge in [0.1, 0.15) is 11.3 Å². The first kappa shape index (κ1) is 14.8. The number of rotatable bonds is 4. The lowest BCUT2D eigenvalue weighted by Crippen LogP contribution is -2.19. The second kappa shape index (κ2) is 5.57. The van der Waals surface area contributed by atoms with Crippen LogP contribution < -0.4 is 0 Å². The number of benzene rings is 1. The summed E-state index contributed by atoms with van der Waals surface area (Å²) < 4.78 is 1.71. The highest BCUT2D eigenvalue weighted by atomic mass is 35.5. The molecule has 5 nitrogen and oxygen atoms in total. The summed E-state index contributed by atoms with van der Waals surface area (Å²) in [5, 5.41) is 17.7. The highest BCUT2D eigenvalue weighted by molar-refractivity contribution is 6.17. The highest BCUT2D eigenvalue weighted by Gasteiger charge is 2.24. The molecule has 0 atom stereocenters. The molecule has 0 aliphatic rings. The Kier molecular flexibility index (Phi) is 3.74. The number of fused-ring (bicyclic) bond motifs is 1. The molecule has 0 bridgehead atoms. The summed E-state index contributed by atoms with van der Waals surface area (Å²) in [6, 6.07) is 9.24. The Bertz CT molecular complexity index is 796. The third-order valence-electron chi connectivity index (χ3n) is 3.96. The van der Waals surface area contributed by atoms with Crippen LogP contribution in [0, 0.1) is 0 Å². The van der Waals surface area contributed by atoms with Gasteiger partial charge in [-0.1, -0.05) is 31.2 Å². The van der Waals surface area contributed by atoms with Gasteiger partial charge in [0.15, 0.2) is 5.65 Å². The molecule has 0 fully saturated rings. The van der Waals surface area contributed by atoms with Gasteiger partial charge in [-0.2, -0.15) is 0 Å². The van der Waals surface area contributed by atoms with Crippen molar-refractivity contribution in [1.82, 2.24) is 20.0 Å². The smallest absolute Gasteiger partial charge is 0.178 e. The maximum absolute atomic E-state index is 9.44. The molecule has 0 aliphatic carbocycles. The van der Waals surface area contributed by atoms with Crippen LogP contribution in [0.2, 0.25) is 0 Å². The zero-order valence-corrected chi connectivity index (χ0v) is 13.2. The van der Waals surface area contributed by atoms with Crippen molar-refractivity contribution in [2.75, 3.05) is 5.88 Å². The van der Waals surface area contributed by atoms with Crippen LogP contribution in [-0.2, 0) is 12.0 Å². The van der Waals surface area contributed by atoms with Gasteiger partial charge in [-0.3, -0.25) is 0 Å². The fourth-order valence-corrected chi connectivity index (χ4v) is 2.64. The van der Waals surface area contributed by atoms with Gasteiger partial charge in [-0.25, -0.2) is 9.67 Å². The molecule has 6 heteroatoms. The second-order valence-electron chi connectivity index (χ2n) is 5.74. The summed E-state index contributed by atoms with van der Waals surface area (Å²) in [6.45, 7) is 4.82. The molecule has 0 saturated carbocycles. The van der Waals surface area contributed by atoms with Gasteiger partial charge < -0.3 is 5.11 Å². The van der Waals surface area contributed by atoms with Gasteiger partial charge in [0, 0.05) is 17.5 Å². The summed E-state index contributed by atoms with van der Waals surface area (Å²) >= 11 is 5.75. The molecule has 2 heterocycles. The predicted octanol–water partition coefficient (Wildman–Crippen LogP) is 3.10. The molecule has 2 aromatic heterocycles. The van der Waals surface area contributed by atoms with Crippen LogP contribution in [0.25, 0.3) is 11.2 Å². The molecule has 0 unspecified atom stereocenters. The number of hydrogen-bond acceptors (Lipinski definition) is 4. The third kappa shape index (κ3) is 2.52. The van der Waals surface area contributed by atoms with Crippen molar-refractivity contribution in [3.8, 4) is 5.75 Å². The highest BCUT2D eigenvalue weighted by Crippen LogP contribution is 2.32. The van der Waals surface area contributed by atoms with E-state index in [4.69, 9.17) is 11.6 Å². The Labute approximate surface area is 133 Å². The Morgan fingerprint density at radius 3 is 2.59 bits per heavy atom. The van der Waals surface area contributed by atoms with E-state index in [1.54, 1.807) is 16.8 Å². The molecular weight excluding hydrogens is 300 g/mol. The summed E-state index contributed by atoms with van der Waals surface area (Å²) in [5.74, 6) is 0.734. The summed E-state index contributed by atoms with van der Waals surface area (Å²) in [6.07, 6.45) is 1.85. The minimum absolute atomic E-state index is 0.245. The van der Waals surface area contributed by atoms with Crippen molar-refractivity contribution in [3.05, 3.63) is 47.7 Å². The van der Waals surface area contributed by atoms with Gasteiger partial charge >= 0.3 is 0 Å². The van der Waals surface area contributed by atoms with Gasteiger partial charge in [0.2, 0.25) is 0 Å². The van der Waals surface area contributed by atoms with Crippen LogP contribution >= 0.6 is 11.6 Å². The number of phenolic OH excluding ortho intramolecular Hbond substituents is 1. The quantitative estimate of drug-likeness (QED) is 0.751. The lowest BCUT2D eigenvalue weighted by atomic mass is 9.79. The molecule has 0 radical (unpaired) electrons. The first-order valence-corrected chi connectivity index (χ1v) is 7.61. The van der Waals surface area contributed by atoms with Gasteiger partial charge in [0.25, 0.3) is 0 Å². The fraction of sp³-hybridized carbons (Fsp3) is 0.312. The summed E-state index contributed by atoms with van der Waals surface area (Å²) in [4.78, 5) is 4.50.